The van der Waals surface area contributed by atoms with Crippen LogP contribution in [0.4, 0.5) is 5.82 Å². The molecule has 3 N–H and O–H groups in total. The highest BCUT2D eigenvalue weighted by Crippen LogP contribution is 2.14. The van der Waals surface area contributed by atoms with E-state index in [4.69, 9.17) is 5.73 Å². The van der Waals surface area contributed by atoms with Gasteiger partial charge in [-0.05, 0) is 13.0 Å². The first-order chi connectivity index (χ1) is 7.66. The molecule has 1 amide bonds. The van der Waals surface area contributed by atoms with Gasteiger partial charge in [-0.2, -0.15) is 5.10 Å². The number of carbonyl (C=O) groups is 1. The van der Waals surface area contributed by atoms with Gasteiger partial charge >= 0.3 is 0 Å². The highest BCUT2D eigenvalue weighted by molar-refractivity contribution is 5.75. The molecule has 2 aromatic heterocycles. The van der Waals surface area contributed by atoms with Crippen molar-refractivity contribution in [1.82, 2.24) is 14.6 Å². The average molecular weight is 219 g/mol. The van der Waals surface area contributed by atoms with E-state index in [1.165, 1.54) is 0 Å². The van der Waals surface area contributed by atoms with Crippen LogP contribution in [-0.2, 0) is 4.79 Å². The van der Waals surface area contributed by atoms with Crippen molar-refractivity contribution in [3.8, 4) is 0 Å². The number of carbonyl (C=O) groups excluding carboxylic acids is 1. The van der Waals surface area contributed by atoms with Crippen LogP contribution >= 0.6 is 0 Å². The van der Waals surface area contributed by atoms with E-state index < -0.39 is 0 Å². The van der Waals surface area contributed by atoms with Crippen molar-refractivity contribution in [1.29, 1.82) is 0 Å². The van der Waals surface area contributed by atoms with Crippen molar-refractivity contribution in [3.05, 3.63) is 24.2 Å². The van der Waals surface area contributed by atoms with E-state index in [2.05, 4.69) is 15.4 Å². The molecule has 0 fully saturated rings. The first-order valence-electron chi connectivity index (χ1n) is 5.00. The van der Waals surface area contributed by atoms with Gasteiger partial charge in [0.25, 0.3) is 0 Å². The van der Waals surface area contributed by atoms with Crippen LogP contribution in [0.15, 0.2) is 18.5 Å². The van der Waals surface area contributed by atoms with Gasteiger partial charge in [0.2, 0.25) is 5.91 Å². The maximum atomic E-state index is 10.6. The van der Waals surface area contributed by atoms with Crippen LogP contribution in [-0.4, -0.2) is 27.0 Å². The Morgan fingerprint density at radius 3 is 3.19 bits per heavy atom. The summed E-state index contributed by atoms with van der Waals surface area (Å²) < 4.78 is 1.74. The minimum atomic E-state index is -0.330. The number of aromatic nitrogens is 3. The van der Waals surface area contributed by atoms with E-state index in [1.807, 2.05) is 13.0 Å². The third-order valence-electron chi connectivity index (χ3n) is 2.18. The van der Waals surface area contributed by atoms with Gasteiger partial charge in [0.05, 0.1) is 5.69 Å². The first-order valence-corrected chi connectivity index (χ1v) is 5.00. The lowest BCUT2D eigenvalue weighted by Crippen LogP contribution is -2.16. The van der Waals surface area contributed by atoms with Crippen molar-refractivity contribution in [3.63, 3.8) is 0 Å². The molecule has 0 bridgehead atoms. The van der Waals surface area contributed by atoms with Crippen LogP contribution in [0.2, 0.25) is 0 Å². The Hall–Kier alpha value is -2.11. The molecule has 0 spiro atoms. The molecule has 0 atom stereocenters. The Morgan fingerprint density at radius 1 is 1.62 bits per heavy atom. The number of amides is 1. The fourth-order valence-electron chi connectivity index (χ4n) is 1.48. The normalized spacial score (nSPS) is 10.6. The highest BCUT2D eigenvalue weighted by Gasteiger charge is 2.04. The number of nitrogens with zero attached hydrogens (tertiary/aromatic N) is 3. The van der Waals surface area contributed by atoms with Crippen molar-refractivity contribution >= 4 is 17.2 Å². The van der Waals surface area contributed by atoms with E-state index in [1.54, 1.807) is 16.9 Å². The molecule has 2 rings (SSSR count). The molecule has 0 aliphatic rings. The third kappa shape index (κ3) is 2.10. The fraction of sp³-hybridized carbons (Fsp3) is 0.300. The third-order valence-corrected chi connectivity index (χ3v) is 2.18. The monoisotopic (exact) mass is 219 g/mol. The number of rotatable bonds is 4. The van der Waals surface area contributed by atoms with Gasteiger partial charge in [-0.25, -0.2) is 9.50 Å². The van der Waals surface area contributed by atoms with E-state index in [-0.39, 0.29) is 12.3 Å². The number of nitrogens with one attached hydrogen (secondary N) is 1. The van der Waals surface area contributed by atoms with Crippen LogP contribution in [0.5, 0.6) is 0 Å². The zero-order chi connectivity index (χ0) is 11.5. The molecule has 0 unspecified atom stereocenters. The van der Waals surface area contributed by atoms with Gasteiger partial charge in [-0.1, -0.05) is 0 Å². The largest absolute Gasteiger partial charge is 0.370 e. The maximum absolute atomic E-state index is 10.6. The number of hydrogen-bond donors (Lipinski definition) is 2. The van der Waals surface area contributed by atoms with Crippen LogP contribution in [0, 0.1) is 6.92 Å². The molecule has 0 aliphatic heterocycles. The van der Waals surface area contributed by atoms with Crippen LogP contribution in [0.1, 0.15) is 12.1 Å². The second-order valence-electron chi connectivity index (χ2n) is 3.53. The summed E-state index contributed by atoms with van der Waals surface area (Å²) in [7, 11) is 0. The van der Waals surface area contributed by atoms with E-state index in [0.29, 0.717) is 12.4 Å². The Morgan fingerprint density at radius 2 is 2.44 bits per heavy atom. The van der Waals surface area contributed by atoms with Crippen molar-refractivity contribution in [2.24, 2.45) is 5.73 Å². The topological polar surface area (TPSA) is 85.3 Å². The number of nitrogens with two attached hydrogens (primary N) is 1. The molecule has 84 valence electrons. The second-order valence-corrected chi connectivity index (χ2v) is 3.53. The summed E-state index contributed by atoms with van der Waals surface area (Å²) in [4.78, 5) is 14.8. The minimum absolute atomic E-state index is 0.288. The van der Waals surface area contributed by atoms with Crippen molar-refractivity contribution < 1.29 is 4.79 Å². The van der Waals surface area contributed by atoms with Crippen LogP contribution < -0.4 is 11.1 Å². The molecule has 6 nitrogen and oxygen atoms in total. The van der Waals surface area contributed by atoms with E-state index in [9.17, 15) is 4.79 Å². The van der Waals surface area contributed by atoms with Crippen LogP contribution in [0.25, 0.3) is 5.52 Å². The molecule has 6 heteroatoms. The molecule has 0 saturated carbocycles. The zero-order valence-electron chi connectivity index (χ0n) is 8.97. The number of fused-ring (bicyclic) bond motifs is 1. The minimum Gasteiger partial charge on any atom is -0.370 e. The predicted octanol–water partition coefficient (Wildman–Crippen LogP) is 0.325. The SMILES string of the molecule is Cc1cc2c(NCCC(N)=O)nccn2n1. The number of hydrogen-bond acceptors (Lipinski definition) is 4. The van der Waals surface area contributed by atoms with Crippen LogP contribution in [0.3, 0.4) is 0 Å². The molecule has 16 heavy (non-hydrogen) atoms. The summed E-state index contributed by atoms with van der Waals surface area (Å²) in [6.45, 7) is 2.40. The Labute approximate surface area is 92.5 Å². The Kier molecular flexibility index (Phi) is 2.72. The average Bonchev–Trinajstić information content (AvgIpc) is 2.58. The van der Waals surface area contributed by atoms with Gasteiger partial charge in [0.15, 0.2) is 5.82 Å². The molecular weight excluding hydrogens is 206 g/mol. The van der Waals surface area contributed by atoms with Crippen molar-refractivity contribution in [2.45, 2.75) is 13.3 Å². The first kappa shape index (κ1) is 10.4. The standard InChI is InChI=1S/C10H13N5O/c1-7-6-8-10(12-3-2-9(11)16)13-4-5-15(8)14-7/h4-6H,2-3H2,1H3,(H2,11,16)(H,12,13). The molecule has 0 aromatic carbocycles. The molecule has 0 aliphatic carbocycles. The molecule has 2 heterocycles. The summed E-state index contributed by atoms with van der Waals surface area (Å²) in [5.74, 6) is 0.383. The van der Waals surface area contributed by atoms with Gasteiger partial charge in [0, 0.05) is 25.4 Å². The second kappa shape index (κ2) is 4.18. The smallest absolute Gasteiger partial charge is 0.219 e. The molecule has 0 radical (unpaired) electrons. The Balaban J connectivity index is 2.20. The summed E-state index contributed by atoms with van der Waals surface area (Å²) in [5, 5.41) is 7.32. The van der Waals surface area contributed by atoms with Gasteiger partial charge in [0.1, 0.15) is 5.52 Å². The lowest BCUT2D eigenvalue weighted by atomic mass is 10.3. The fourth-order valence-corrected chi connectivity index (χ4v) is 1.48. The lowest BCUT2D eigenvalue weighted by molar-refractivity contribution is -0.117. The summed E-state index contributed by atoms with van der Waals surface area (Å²) in [6, 6.07) is 1.93. The quantitative estimate of drug-likeness (QED) is 0.775. The summed E-state index contributed by atoms with van der Waals surface area (Å²) >= 11 is 0. The maximum Gasteiger partial charge on any atom is 0.219 e. The number of primary amides is 1. The zero-order valence-corrected chi connectivity index (χ0v) is 8.97. The predicted molar refractivity (Wildman–Crippen MR) is 60.0 cm³/mol. The number of anilines is 1. The summed E-state index contributed by atoms with van der Waals surface area (Å²) in [6.07, 6.45) is 3.73. The van der Waals surface area contributed by atoms with Gasteiger partial charge < -0.3 is 11.1 Å². The van der Waals surface area contributed by atoms with E-state index in [0.717, 1.165) is 11.2 Å². The summed E-state index contributed by atoms with van der Waals surface area (Å²) in [5.41, 5.74) is 6.87. The molecular formula is C10H13N5O. The highest BCUT2D eigenvalue weighted by atomic mass is 16.1. The Bertz CT molecular complexity index is 519. The van der Waals surface area contributed by atoms with Gasteiger partial charge in [-0.15, -0.1) is 0 Å². The molecule has 2 aromatic rings. The van der Waals surface area contributed by atoms with Crippen molar-refractivity contribution in [2.75, 3.05) is 11.9 Å². The van der Waals surface area contributed by atoms with E-state index >= 15 is 0 Å². The molecule has 0 saturated heterocycles. The van der Waals surface area contributed by atoms with Gasteiger partial charge in [-0.3, -0.25) is 4.79 Å². The number of aryl methyl sites for hydroxylation is 1. The lowest BCUT2D eigenvalue weighted by Gasteiger charge is -2.04.